The van der Waals surface area contributed by atoms with Crippen LogP contribution in [0.2, 0.25) is 0 Å². The Hall–Kier alpha value is -1.35. The van der Waals surface area contributed by atoms with Crippen molar-refractivity contribution in [2.24, 2.45) is 0 Å². The van der Waals surface area contributed by atoms with Crippen molar-refractivity contribution in [3.8, 4) is 5.75 Å². The summed E-state index contributed by atoms with van der Waals surface area (Å²) < 4.78 is 10.8. The molecule has 1 unspecified atom stereocenters. The van der Waals surface area contributed by atoms with E-state index in [-0.39, 0.29) is 5.97 Å². The van der Waals surface area contributed by atoms with E-state index in [1.807, 2.05) is 20.8 Å². The normalized spacial score (nSPS) is 12.4. The smallest absolute Gasteiger partial charge is 0.340 e. The second-order valence-corrected chi connectivity index (χ2v) is 4.97. The van der Waals surface area contributed by atoms with Gasteiger partial charge in [-0.05, 0) is 76.3 Å². The van der Waals surface area contributed by atoms with E-state index in [0.29, 0.717) is 12.4 Å². The highest BCUT2D eigenvalue weighted by Crippen LogP contribution is 2.32. The fourth-order valence-corrected chi connectivity index (χ4v) is 2.12. The van der Waals surface area contributed by atoms with Crippen molar-refractivity contribution in [1.82, 2.24) is 0 Å². The standard InChI is InChI=1S/C16H24O3/c1-8-18-14(7)16(17)19-15-12(5)10(3)9(2)11(4)13(15)6/h14H,8H2,1-7H3. The van der Waals surface area contributed by atoms with Gasteiger partial charge in [0.05, 0.1) is 0 Å². The molecule has 1 atom stereocenters. The number of rotatable bonds is 4. The van der Waals surface area contributed by atoms with Crippen LogP contribution in [-0.2, 0) is 9.53 Å². The first-order valence-corrected chi connectivity index (χ1v) is 6.71. The Kier molecular flexibility index (Phi) is 5.12. The van der Waals surface area contributed by atoms with Crippen molar-refractivity contribution in [1.29, 1.82) is 0 Å². The van der Waals surface area contributed by atoms with E-state index >= 15 is 0 Å². The SMILES string of the molecule is CCOC(C)C(=O)Oc1c(C)c(C)c(C)c(C)c1C. The van der Waals surface area contributed by atoms with Gasteiger partial charge in [0, 0.05) is 6.61 Å². The van der Waals surface area contributed by atoms with Crippen LogP contribution in [0.15, 0.2) is 0 Å². The topological polar surface area (TPSA) is 35.5 Å². The van der Waals surface area contributed by atoms with E-state index in [9.17, 15) is 4.79 Å². The van der Waals surface area contributed by atoms with Crippen LogP contribution in [0.1, 0.15) is 41.7 Å². The highest BCUT2D eigenvalue weighted by molar-refractivity contribution is 5.78. The van der Waals surface area contributed by atoms with E-state index in [2.05, 4.69) is 20.8 Å². The molecule has 0 aliphatic carbocycles. The molecule has 0 aliphatic rings. The Morgan fingerprint density at radius 1 is 0.947 bits per heavy atom. The number of benzene rings is 1. The Labute approximate surface area is 115 Å². The molecule has 3 nitrogen and oxygen atoms in total. The number of hydrogen-bond acceptors (Lipinski definition) is 3. The lowest BCUT2D eigenvalue weighted by Gasteiger charge is -2.19. The Balaban J connectivity index is 3.12. The predicted octanol–water partition coefficient (Wildman–Crippen LogP) is 3.56. The van der Waals surface area contributed by atoms with E-state index in [0.717, 1.165) is 11.1 Å². The minimum absolute atomic E-state index is 0.337. The second-order valence-electron chi connectivity index (χ2n) is 4.97. The maximum atomic E-state index is 12.0. The van der Waals surface area contributed by atoms with Crippen LogP contribution < -0.4 is 4.74 Å². The monoisotopic (exact) mass is 264 g/mol. The van der Waals surface area contributed by atoms with Crippen LogP contribution in [0.4, 0.5) is 0 Å². The first kappa shape index (κ1) is 15.7. The summed E-state index contributed by atoms with van der Waals surface area (Å²) >= 11 is 0. The van der Waals surface area contributed by atoms with Crippen molar-refractivity contribution in [3.05, 3.63) is 27.8 Å². The molecule has 0 saturated carbocycles. The minimum atomic E-state index is -0.536. The molecular weight excluding hydrogens is 240 g/mol. The molecule has 0 aliphatic heterocycles. The maximum Gasteiger partial charge on any atom is 0.340 e. The zero-order valence-corrected chi connectivity index (χ0v) is 13.0. The van der Waals surface area contributed by atoms with Crippen LogP contribution in [0.25, 0.3) is 0 Å². The molecular formula is C16H24O3. The molecule has 0 amide bonds. The van der Waals surface area contributed by atoms with Gasteiger partial charge in [0.1, 0.15) is 5.75 Å². The number of ether oxygens (including phenoxy) is 2. The summed E-state index contributed by atoms with van der Waals surface area (Å²) in [5.74, 6) is 0.341. The fraction of sp³-hybridized carbons (Fsp3) is 0.562. The Morgan fingerprint density at radius 2 is 1.37 bits per heavy atom. The van der Waals surface area contributed by atoms with Gasteiger partial charge in [0.25, 0.3) is 0 Å². The van der Waals surface area contributed by atoms with Gasteiger partial charge in [0.2, 0.25) is 0 Å². The molecule has 0 saturated heterocycles. The molecule has 1 aromatic rings. The molecule has 0 spiro atoms. The molecule has 0 radical (unpaired) electrons. The van der Waals surface area contributed by atoms with Crippen LogP contribution in [0.5, 0.6) is 5.75 Å². The average molecular weight is 264 g/mol. The minimum Gasteiger partial charge on any atom is -0.424 e. The molecule has 0 heterocycles. The highest BCUT2D eigenvalue weighted by Gasteiger charge is 2.20. The van der Waals surface area contributed by atoms with E-state index < -0.39 is 6.10 Å². The predicted molar refractivity (Wildman–Crippen MR) is 76.9 cm³/mol. The molecule has 1 aromatic carbocycles. The summed E-state index contributed by atoms with van der Waals surface area (Å²) in [5.41, 5.74) is 5.66. The summed E-state index contributed by atoms with van der Waals surface area (Å²) in [6.07, 6.45) is -0.536. The van der Waals surface area contributed by atoms with Crippen molar-refractivity contribution in [3.63, 3.8) is 0 Å². The quantitative estimate of drug-likeness (QED) is 0.616. The maximum absolute atomic E-state index is 12.0. The van der Waals surface area contributed by atoms with Gasteiger partial charge in [-0.3, -0.25) is 0 Å². The van der Waals surface area contributed by atoms with Crippen LogP contribution in [0, 0.1) is 34.6 Å². The molecule has 1 rings (SSSR count). The zero-order valence-electron chi connectivity index (χ0n) is 13.0. The Bertz CT molecular complexity index is 460. The highest BCUT2D eigenvalue weighted by atomic mass is 16.6. The number of esters is 1. The lowest BCUT2D eigenvalue weighted by Crippen LogP contribution is -2.26. The number of carbonyl (C=O) groups excluding carboxylic acids is 1. The molecule has 106 valence electrons. The number of carbonyl (C=O) groups is 1. The lowest BCUT2D eigenvalue weighted by atomic mass is 9.94. The van der Waals surface area contributed by atoms with Crippen molar-refractivity contribution in [2.75, 3.05) is 6.61 Å². The van der Waals surface area contributed by atoms with Crippen molar-refractivity contribution >= 4 is 5.97 Å². The second kappa shape index (κ2) is 6.20. The largest absolute Gasteiger partial charge is 0.424 e. The first-order chi connectivity index (χ1) is 8.81. The fourth-order valence-electron chi connectivity index (χ4n) is 2.12. The van der Waals surface area contributed by atoms with Gasteiger partial charge in [-0.25, -0.2) is 4.79 Å². The molecule has 19 heavy (non-hydrogen) atoms. The third-order valence-corrected chi connectivity index (χ3v) is 3.88. The van der Waals surface area contributed by atoms with Gasteiger partial charge in [-0.15, -0.1) is 0 Å². The van der Waals surface area contributed by atoms with Gasteiger partial charge < -0.3 is 9.47 Å². The van der Waals surface area contributed by atoms with Crippen molar-refractivity contribution < 1.29 is 14.3 Å². The van der Waals surface area contributed by atoms with E-state index in [4.69, 9.17) is 9.47 Å². The molecule has 0 fully saturated rings. The molecule has 0 bridgehead atoms. The number of hydrogen-bond donors (Lipinski definition) is 0. The van der Waals surface area contributed by atoms with Gasteiger partial charge in [0.15, 0.2) is 6.10 Å². The molecule has 0 aromatic heterocycles. The Morgan fingerprint density at radius 3 is 1.79 bits per heavy atom. The molecule has 3 heteroatoms. The van der Waals surface area contributed by atoms with Gasteiger partial charge in [-0.2, -0.15) is 0 Å². The first-order valence-electron chi connectivity index (χ1n) is 6.71. The summed E-state index contributed by atoms with van der Waals surface area (Å²) in [4.78, 5) is 12.0. The van der Waals surface area contributed by atoms with Crippen LogP contribution in [0.3, 0.4) is 0 Å². The zero-order chi connectivity index (χ0) is 14.7. The average Bonchev–Trinajstić information content (AvgIpc) is 2.39. The third kappa shape index (κ3) is 3.16. The molecule has 0 N–H and O–H groups in total. The van der Waals surface area contributed by atoms with Crippen molar-refractivity contribution in [2.45, 2.75) is 54.6 Å². The van der Waals surface area contributed by atoms with Crippen LogP contribution >= 0.6 is 0 Å². The van der Waals surface area contributed by atoms with E-state index in [1.54, 1.807) is 6.92 Å². The van der Waals surface area contributed by atoms with Crippen LogP contribution in [-0.4, -0.2) is 18.7 Å². The summed E-state index contributed by atoms with van der Waals surface area (Å²) in [6.45, 7) is 14.3. The summed E-state index contributed by atoms with van der Waals surface area (Å²) in [6, 6.07) is 0. The lowest BCUT2D eigenvalue weighted by molar-refractivity contribution is -0.146. The third-order valence-electron chi connectivity index (χ3n) is 3.88. The summed E-state index contributed by atoms with van der Waals surface area (Å²) in [5, 5.41) is 0. The van der Waals surface area contributed by atoms with E-state index in [1.165, 1.54) is 16.7 Å². The summed E-state index contributed by atoms with van der Waals surface area (Å²) in [7, 11) is 0. The van der Waals surface area contributed by atoms with Gasteiger partial charge in [-0.1, -0.05) is 0 Å². The van der Waals surface area contributed by atoms with Gasteiger partial charge >= 0.3 is 5.97 Å².